The lowest BCUT2D eigenvalue weighted by Gasteiger charge is -2.18. The summed E-state index contributed by atoms with van der Waals surface area (Å²) >= 11 is 0. The maximum Gasteiger partial charge on any atom is 0.123 e. The number of aryl methyl sites for hydroxylation is 1. The van der Waals surface area contributed by atoms with E-state index < -0.39 is 0 Å². The van der Waals surface area contributed by atoms with E-state index in [1.807, 2.05) is 32.0 Å². The van der Waals surface area contributed by atoms with E-state index in [1.165, 1.54) is 0 Å². The number of aliphatic hydroxyl groups is 1. The van der Waals surface area contributed by atoms with Gasteiger partial charge in [0.05, 0.1) is 25.0 Å². The Morgan fingerprint density at radius 3 is 2.65 bits per heavy atom. The van der Waals surface area contributed by atoms with Gasteiger partial charge < -0.3 is 13.9 Å². The first-order valence-corrected chi connectivity index (χ1v) is 5.67. The Bertz CT molecular complexity index is 447. The summed E-state index contributed by atoms with van der Waals surface area (Å²) in [7, 11) is 0. The van der Waals surface area contributed by atoms with Crippen LogP contribution in [0.4, 0.5) is 0 Å². The molecule has 0 fully saturated rings. The summed E-state index contributed by atoms with van der Waals surface area (Å²) < 4.78 is 10.8. The van der Waals surface area contributed by atoms with Gasteiger partial charge in [-0.3, -0.25) is 5.32 Å². The van der Waals surface area contributed by atoms with Crippen LogP contribution in [0.5, 0.6) is 0 Å². The van der Waals surface area contributed by atoms with E-state index in [1.54, 1.807) is 12.3 Å². The van der Waals surface area contributed by atoms with Crippen LogP contribution in [0, 0.1) is 6.92 Å². The molecule has 2 aromatic heterocycles. The molecule has 4 nitrogen and oxygen atoms in total. The molecule has 0 amide bonds. The summed E-state index contributed by atoms with van der Waals surface area (Å²) in [4.78, 5) is 0. The lowest BCUT2D eigenvalue weighted by atomic mass is 10.2. The fourth-order valence-electron chi connectivity index (χ4n) is 1.78. The van der Waals surface area contributed by atoms with Crippen molar-refractivity contribution in [2.45, 2.75) is 25.9 Å². The molecule has 2 rings (SSSR count). The summed E-state index contributed by atoms with van der Waals surface area (Å²) in [6.07, 6.45) is 1.60. The fraction of sp³-hybridized carbons (Fsp3) is 0.385. The molecule has 4 heteroatoms. The normalized spacial score (nSPS) is 14.8. The van der Waals surface area contributed by atoms with Gasteiger partial charge in [0.25, 0.3) is 0 Å². The number of furan rings is 2. The molecule has 0 saturated heterocycles. The van der Waals surface area contributed by atoms with Gasteiger partial charge in [0, 0.05) is 0 Å². The summed E-state index contributed by atoms with van der Waals surface area (Å²) in [6.45, 7) is 3.88. The molecule has 2 aromatic rings. The Morgan fingerprint density at radius 1 is 1.29 bits per heavy atom. The number of rotatable bonds is 5. The van der Waals surface area contributed by atoms with Crippen molar-refractivity contribution in [3.05, 3.63) is 47.8 Å². The molecule has 0 radical (unpaired) electrons. The van der Waals surface area contributed by atoms with E-state index in [0.29, 0.717) is 0 Å². The molecular weight excluding hydrogens is 218 g/mol. The van der Waals surface area contributed by atoms with Gasteiger partial charge in [-0.1, -0.05) is 0 Å². The van der Waals surface area contributed by atoms with Gasteiger partial charge in [0.2, 0.25) is 0 Å². The van der Waals surface area contributed by atoms with Crippen molar-refractivity contribution in [2.24, 2.45) is 0 Å². The van der Waals surface area contributed by atoms with E-state index in [9.17, 15) is 5.11 Å². The zero-order chi connectivity index (χ0) is 12.3. The van der Waals surface area contributed by atoms with Crippen molar-refractivity contribution in [1.29, 1.82) is 0 Å². The molecule has 0 aliphatic carbocycles. The van der Waals surface area contributed by atoms with Crippen LogP contribution in [-0.4, -0.2) is 11.7 Å². The van der Waals surface area contributed by atoms with Crippen LogP contribution >= 0.6 is 0 Å². The van der Waals surface area contributed by atoms with Gasteiger partial charge in [-0.2, -0.15) is 0 Å². The largest absolute Gasteiger partial charge is 0.468 e. The van der Waals surface area contributed by atoms with Gasteiger partial charge in [0.15, 0.2) is 0 Å². The standard InChI is InChI=1S/C13H17NO3/c1-9-5-6-12(17-9)10(2)14-11(8-15)13-4-3-7-16-13/h3-7,10-11,14-15H,8H2,1-2H3. The van der Waals surface area contributed by atoms with Crippen LogP contribution in [0.1, 0.15) is 36.3 Å². The summed E-state index contributed by atoms with van der Waals surface area (Å²) in [5.41, 5.74) is 0. The van der Waals surface area contributed by atoms with Crippen LogP contribution in [-0.2, 0) is 0 Å². The molecule has 0 bridgehead atoms. The number of hydrogen-bond donors (Lipinski definition) is 2. The minimum Gasteiger partial charge on any atom is -0.468 e. The zero-order valence-electron chi connectivity index (χ0n) is 10.0. The molecule has 0 aliphatic rings. The average Bonchev–Trinajstić information content (AvgIpc) is 2.96. The SMILES string of the molecule is Cc1ccc(C(C)NC(CO)c2ccco2)o1. The minimum atomic E-state index is -0.217. The number of hydrogen-bond acceptors (Lipinski definition) is 4. The van der Waals surface area contributed by atoms with Gasteiger partial charge in [-0.15, -0.1) is 0 Å². The first-order chi connectivity index (χ1) is 8.20. The molecule has 0 spiro atoms. The van der Waals surface area contributed by atoms with Crippen LogP contribution in [0.2, 0.25) is 0 Å². The molecule has 0 aromatic carbocycles. The maximum absolute atomic E-state index is 9.35. The van der Waals surface area contributed by atoms with Gasteiger partial charge in [-0.25, -0.2) is 0 Å². The Hall–Kier alpha value is -1.52. The first kappa shape index (κ1) is 12.0. The first-order valence-electron chi connectivity index (χ1n) is 5.67. The molecule has 0 aliphatic heterocycles. The van der Waals surface area contributed by atoms with E-state index >= 15 is 0 Å². The third kappa shape index (κ3) is 2.78. The van der Waals surface area contributed by atoms with Crippen molar-refractivity contribution >= 4 is 0 Å². The van der Waals surface area contributed by atoms with E-state index in [0.717, 1.165) is 17.3 Å². The second-order valence-corrected chi connectivity index (χ2v) is 4.09. The van der Waals surface area contributed by atoms with Crippen LogP contribution in [0.3, 0.4) is 0 Å². The summed E-state index contributed by atoms with van der Waals surface area (Å²) in [5, 5.41) is 12.6. The minimum absolute atomic E-state index is 0.0163. The third-order valence-electron chi connectivity index (χ3n) is 2.71. The predicted molar refractivity (Wildman–Crippen MR) is 63.5 cm³/mol. The molecule has 2 unspecified atom stereocenters. The highest BCUT2D eigenvalue weighted by atomic mass is 16.3. The molecule has 2 heterocycles. The van der Waals surface area contributed by atoms with Crippen molar-refractivity contribution in [2.75, 3.05) is 6.61 Å². The second-order valence-electron chi connectivity index (χ2n) is 4.09. The zero-order valence-corrected chi connectivity index (χ0v) is 10.0. The van der Waals surface area contributed by atoms with Gasteiger partial charge in [0.1, 0.15) is 17.3 Å². The summed E-state index contributed by atoms with van der Waals surface area (Å²) in [6, 6.07) is 7.31. The smallest absolute Gasteiger partial charge is 0.123 e. The van der Waals surface area contributed by atoms with Crippen LogP contribution < -0.4 is 5.32 Å². The highest BCUT2D eigenvalue weighted by Crippen LogP contribution is 2.21. The molecule has 2 N–H and O–H groups in total. The third-order valence-corrected chi connectivity index (χ3v) is 2.71. The fourth-order valence-corrected chi connectivity index (χ4v) is 1.78. The van der Waals surface area contributed by atoms with Gasteiger partial charge >= 0.3 is 0 Å². The van der Waals surface area contributed by atoms with E-state index in [-0.39, 0.29) is 18.7 Å². The molecule has 17 heavy (non-hydrogen) atoms. The van der Waals surface area contributed by atoms with Crippen molar-refractivity contribution in [3.8, 4) is 0 Å². The predicted octanol–water partition coefficient (Wildman–Crippen LogP) is 2.57. The Morgan fingerprint density at radius 2 is 2.12 bits per heavy atom. The monoisotopic (exact) mass is 235 g/mol. The quantitative estimate of drug-likeness (QED) is 0.836. The number of nitrogens with one attached hydrogen (secondary N) is 1. The van der Waals surface area contributed by atoms with Gasteiger partial charge in [-0.05, 0) is 38.1 Å². The van der Waals surface area contributed by atoms with E-state index in [2.05, 4.69) is 5.32 Å². The molecular formula is C13H17NO3. The molecule has 0 saturated carbocycles. The lowest BCUT2D eigenvalue weighted by molar-refractivity contribution is 0.212. The Labute approximate surface area is 100 Å². The van der Waals surface area contributed by atoms with Crippen molar-refractivity contribution < 1.29 is 13.9 Å². The maximum atomic E-state index is 9.35. The Balaban J connectivity index is 2.04. The highest BCUT2D eigenvalue weighted by molar-refractivity contribution is 5.11. The highest BCUT2D eigenvalue weighted by Gasteiger charge is 2.18. The van der Waals surface area contributed by atoms with Crippen LogP contribution in [0.15, 0.2) is 39.4 Å². The second kappa shape index (κ2) is 5.21. The van der Waals surface area contributed by atoms with Crippen molar-refractivity contribution in [1.82, 2.24) is 5.32 Å². The number of aliphatic hydroxyl groups excluding tert-OH is 1. The molecule has 92 valence electrons. The molecule has 2 atom stereocenters. The Kier molecular flexibility index (Phi) is 3.66. The van der Waals surface area contributed by atoms with Crippen LogP contribution in [0.25, 0.3) is 0 Å². The topological polar surface area (TPSA) is 58.5 Å². The van der Waals surface area contributed by atoms with Crippen molar-refractivity contribution in [3.63, 3.8) is 0 Å². The average molecular weight is 235 g/mol. The summed E-state index contributed by atoms with van der Waals surface area (Å²) in [5.74, 6) is 2.46. The lowest BCUT2D eigenvalue weighted by Crippen LogP contribution is -2.26. The van der Waals surface area contributed by atoms with E-state index in [4.69, 9.17) is 8.83 Å².